The number of carbonyl (C=O) groups excluding carboxylic acids is 4. The van der Waals surface area contributed by atoms with Gasteiger partial charge in [0.1, 0.15) is 23.9 Å². The molecule has 2 atom stereocenters. The van der Waals surface area contributed by atoms with Crippen molar-refractivity contribution < 1.29 is 38.1 Å². The first-order chi connectivity index (χ1) is 28.6. The Morgan fingerprint density at radius 3 is 2.00 bits per heavy atom. The third-order valence-corrected chi connectivity index (χ3v) is 10.9. The second kappa shape index (κ2) is 19.8. The van der Waals surface area contributed by atoms with Crippen LogP contribution in [0, 0.1) is 0 Å². The smallest absolute Gasteiger partial charge is 0.437 e. The van der Waals surface area contributed by atoms with Gasteiger partial charge in [0.05, 0.1) is 6.10 Å². The third-order valence-electron chi connectivity index (χ3n) is 10.9. The number of aliphatic imine (C=N–C) groups is 1. The highest BCUT2D eigenvalue weighted by molar-refractivity contribution is 5.99. The van der Waals surface area contributed by atoms with Crippen molar-refractivity contribution in [3.05, 3.63) is 95.6 Å². The number of hydrogen-bond donors (Lipinski definition) is 2. The fraction of sp³-hybridized carbons (Fsp3) is 0.511. The molecule has 0 spiro atoms. The average Bonchev–Trinajstić information content (AvgIpc) is 3.52. The van der Waals surface area contributed by atoms with Crippen LogP contribution in [0.1, 0.15) is 103 Å². The van der Waals surface area contributed by atoms with Crippen molar-refractivity contribution in [2.24, 2.45) is 4.99 Å². The summed E-state index contributed by atoms with van der Waals surface area (Å²) in [4.78, 5) is 61.1. The first kappa shape index (κ1) is 44.1. The Hall–Kier alpha value is -5.43. The molecule has 2 saturated heterocycles. The molecule has 1 unspecified atom stereocenters. The number of nitrogens with one attached hydrogen (secondary N) is 2. The van der Waals surface area contributed by atoms with Gasteiger partial charge in [-0.15, -0.1) is 4.99 Å². The lowest BCUT2D eigenvalue weighted by Crippen LogP contribution is -2.54. The van der Waals surface area contributed by atoms with Crippen molar-refractivity contribution in [2.75, 3.05) is 32.8 Å². The molecule has 0 saturated carbocycles. The number of carbonyl (C=O) groups is 4. The molecule has 6 rings (SSSR count). The standard InChI is InChI=1S/C47H61N5O8/c1-46(2,3)59-44(55)49-42(50-45(56)60-47(4,5)6)51-27-23-34(24-28-51)57-29-25-33-18-14-15-26-52(33)41(53)40(30-32-16-8-7-9-17-32)48-43(54)58-31-39-37-21-12-10-19-35(37)36-20-11-13-22-38(36)39/h7-13,16-17,19-22,33-34,39-40H,14-15,18,23-31H2,1-6H3,(H,48,54)(H,49,50,55,56)/t33?,40-/m1/s1. The summed E-state index contributed by atoms with van der Waals surface area (Å²) in [5, 5.41) is 5.60. The SMILES string of the molecule is CC(C)(C)OC(=O)/N=C(/NC(=O)OC(C)(C)C)N1CCC(OCCC2CCCCN2C(=O)[C@@H](Cc2ccccc2)NC(=O)OCC2c3ccccc3-c3ccccc32)CC1. The van der Waals surface area contributed by atoms with E-state index in [9.17, 15) is 19.2 Å². The molecule has 2 fully saturated rings. The molecule has 3 aliphatic rings. The number of hydrogen-bond acceptors (Lipinski definition) is 8. The van der Waals surface area contributed by atoms with Crippen LogP contribution in [-0.4, -0.2) is 102 Å². The monoisotopic (exact) mass is 823 g/mol. The summed E-state index contributed by atoms with van der Waals surface area (Å²) in [5.41, 5.74) is 4.01. The topological polar surface area (TPSA) is 148 Å². The lowest BCUT2D eigenvalue weighted by Gasteiger charge is -2.38. The predicted octanol–water partition coefficient (Wildman–Crippen LogP) is 8.20. The minimum atomic E-state index is -0.807. The molecule has 13 nitrogen and oxygen atoms in total. The van der Waals surface area contributed by atoms with Gasteiger partial charge < -0.3 is 34.1 Å². The van der Waals surface area contributed by atoms with Crippen LogP contribution in [0.5, 0.6) is 0 Å². The zero-order valence-electron chi connectivity index (χ0n) is 35.9. The van der Waals surface area contributed by atoms with Gasteiger partial charge >= 0.3 is 18.3 Å². The van der Waals surface area contributed by atoms with Crippen molar-refractivity contribution in [3.63, 3.8) is 0 Å². The van der Waals surface area contributed by atoms with Crippen LogP contribution in [-0.2, 0) is 30.2 Å². The zero-order valence-corrected chi connectivity index (χ0v) is 35.9. The number of rotatable bonds is 10. The van der Waals surface area contributed by atoms with E-state index in [1.807, 2.05) is 64.4 Å². The van der Waals surface area contributed by atoms with E-state index < -0.39 is 35.5 Å². The quantitative estimate of drug-likeness (QED) is 0.117. The fourth-order valence-corrected chi connectivity index (χ4v) is 8.17. The number of nitrogens with zero attached hydrogens (tertiary/aromatic N) is 3. The minimum absolute atomic E-state index is 0.0421. The largest absolute Gasteiger partial charge is 0.449 e. The predicted molar refractivity (Wildman–Crippen MR) is 230 cm³/mol. The minimum Gasteiger partial charge on any atom is -0.449 e. The Bertz CT molecular complexity index is 1940. The van der Waals surface area contributed by atoms with Crippen molar-refractivity contribution in [3.8, 4) is 11.1 Å². The number of fused-ring (bicyclic) bond motifs is 3. The van der Waals surface area contributed by atoms with Gasteiger partial charge in [-0.25, -0.2) is 14.4 Å². The average molecular weight is 824 g/mol. The van der Waals surface area contributed by atoms with Gasteiger partial charge in [-0.3, -0.25) is 10.1 Å². The molecule has 60 heavy (non-hydrogen) atoms. The maximum atomic E-state index is 14.4. The Balaban J connectivity index is 1.04. The molecule has 322 valence electrons. The van der Waals surface area contributed by atoms with Crippen LogP contribution in [0.3, 0.4) is 0 Å². The number of piperidine rings is 2. The van der Waals surface area contributed by atoms with E-state index in [1.165, 1.54) is 0 Å². The van der Waals surface area contributed by atoms with Crippen LogP contribution in [0.4, 0.5) is 14.4 Å². The summed E-state index contributed by atoms with van der Waals surface area (Å²) in [5.74, 6) is -0.142. The lowest BCUT2D eigenvalue weighted by atomic mass is 9.97. The number of alkyl carbamates (subject to hydrolysis) is 2. The molecular weight excluding hydrogens is 763 g/mol. The Morgan fingerprint density at radius 1 is 0.750 bits per heavy atom. The van der Waals surface area contributed by atoms with Crippen LogP contribution < -0.4 is 10.6 Å². The molecule has 2 heterocycles. The molecule has 4 amide bonds. The Kier molecular flexibility index (Phi) is 14.5. The molecular formula is C47H61N5O8. The van der Waals surface area contributed by atoms with E-state index in [-0.39, 0.29) is 36.5 Å². The molecule has 1 aliphatic carbocycles. The molecule has 2 N–H and O–H groups in total. The van der Waals surface area contributed by atoms with Crippen molar-refractivity contribution >= 4 is 30.1 Å². The summed E-state index contributed by atoms with van der Waals surface area (Å²) in [6.07, 6.45) is 2.80. The highest BCUT2D eigenvalue weighted by Crippen LogP contribution is 2.44. The first-order valence-corrected chi connectivity index (χ1v) is 21.3. The van der Waals surface area contributed by atoms with Crippen LogP contribution >= 0.6 is 0 Å². The number of guanidine groups is 1. The van der Waals surface area contributed by atoms with Crippen LogP contribution in [0.25, 0.3) is 11.1 Å². The molecule has 0 aromatic heterocycles. The first-order valence-electron chi connectivity index (χ1n) is 21.3. The van der Waals surface area contributed by atoms with E-state index in [4.69, 9.17) is 18.9 Å². The van der Waals surface area contributed by atoms with E-state index in [1.54, 1.807) is 41.5 Å². The van der Waals surface area contributed by atoms with Crippen molar-refractivity contribution in [1.29, 1.82) is 0 Å². The number of likely N-dealkylation sites (tertiary alicyclic amines) is 2. The van der Waals surface area contributed by atoms with Gasteiger partial charge in [0, 0.05) is 44.6 Å². The van der Waals surface area contributed by atoms with E-state index in [0.29, 0.717) is 51.9 Å². The number of amides is 4. The summed E-state index contributed by atoms with van der Waals surface area (Å²) in [7, 11) is 0. The fourth-order valence-electron chi connectivity index (χ4n) is 8.17. The molecule has 3 aromatic carbocycles. The molecule has 2 aliphatic heterocycles. The highest BCUT2D eigenvalue weighted by atomic mass is 16.6. The molecule has 0 bridgehead atoms. The van der Waals surface area contributed by atoms with Gasteiger partial charge in [-0.05, 0) is 108 Å². The number of benzene rings is 3. The van der Waals surface area contributed by atoms with Gasteiger partial charge in [-0.2, -0.15) is 0 Å². The third kappa shape index (κ3) is 12.3. The summed E-state index contributed by atoms with van der Waals surface area (Å²) in [6, 6.07) is 25.3. The summed E-state index contributed by atoms with van der Waals surface area (Å²) < 4.78 is 23.1. The zero-order chi connectivity index (χ0) is 42.9. The van der Waals surface area contributed by atoms with Crippen molar-refractivity contribution in [2.45, 2.75) is 122 Å². The van der Waals surface area contributed by atoms with E-state index in [2.05, 4.69) is 39.9 Å². The molecule has 3 aromatic rings. The summed E-state index contributed by atoms with van der Waals surface area (Å²) >= 11 is 0. The highest BCUT2D eigenvalue weighted by Gasteiger charge is 2.35. The maximum Gasteiger partial charge on any atom is 0.437 e. The van der Waals surface area contributed by atoms with Gasteiger partial charge in [0.15, 0.2) is 0 Å². The number of ether oxygens (including phenoxy) is 4. The van der Waals surface area contributed by atoms with Crippen LogP contribution in [0.2, 0.25) is 0 Å². The van der Waals surface area contributed by atoms with Crippen LogP contribution in [0.15, 0.2) is 83.9 Å². The van der Waals surface area contributed by atoms with Gasteiger partial charge in [-0.1, -0.05) is 78.9 Å². The van der Waals surface area contributed by atoms with E-state index in [0.717, 1.165) is 47.1 Å². The Morgan fingerprint density at radius 2 is 1.37 bits per heavy atom. The Labute approximate surface area is 354 Å². The summed E-state index contributed by atoms with van der Waals surface area (Å²) in [6.45, 7) is 12.7. The van der Waals surface area contributed by atoms with Crippen molar-refractivity contribution in [1.82, 2.24) is 20.4 Å². The lowest BCUT2D eigenvalue weighted by molar-refractivity contribution is -0.137. The van der Waals surface area contributed by atoms with Gasteiger partial charge in [0.2, 0.25) is 11.9 Å². The second-order valence-electron chi connectivity index (χ2n) is 17.8. The van der Waals surface area contributed by atoms with E-state index >= 15 is 0 Å². The van der Waals surface area contributed by atoms with Gasteiger partial charge in [0.25, 0.3) is 0 Å². The maximum absolute atomic E-state index is 14.4. The molecule has 13 heteroatoms. The molecule has 0 radical (unpaired) electrons. The normalized spacial score (nSPS) is 17.9. The second-order valence-corrected chi connectivity index (χ2v) is 17.8.